The number of halogens is 4. The minimum absolute atomic E-state index is 0.0812. The molecule has 5 aromatic rings. The van der Waals surface area contributed by atoms with E-state index in [1.807, 2.05) is 48.5 Å². The normalized spacial score (nSPS) is 14.2. The Morgan fingerprint density at radius 3 is 2.33 bits per heavy atom. The van der Waals surface area contributed by atoms with Crippen molar-refractivity contribution in [3.63, 3.8) is 0 Å². The first-order valence-electron chi connectivity index (χ1n) is 20.0. The highest BCUT2D eigenvalue weighted by molar-refractivity contribution is 6.33. The van der Waals surface area contributed by atoms with Gasteiger partial charge in [0.2, 0.25) is 11.5 Å². The number of aromatic amines is 1. The van der Waals surface area contributed by atoms with Gasteiger partial charge in [-0.1, -0.05) is 60.1 Å². The summed E-state index contributed by atoms with van der Waals surface area (Å²) in [4.78, 5) is 49.3. The molecule has 2 heterocycles. The molecular formula is C45H49ClF3N5O9. The summed E-state index contributed by atoms with van der Waals surface area (Å²) in [6, 6.07) is 25.1. The molecule has 0 unspecified atom stereocenters. The maximum absolute atomic E-state index is 13.1. The molecule has 4 aromatic carbocycles. The molecule has 14 nitrogen and oxygen atoms in total. The quantitative estimate of drug-likeness (QED) is 0.0675. The molecule has 0 saturated carbocycles. The number of fused-ring (bicyclic) bond motifs is 1. The number of quaternary nitrogens is 1. The number of nitrogens with zero attached hydrogens (tertiary/aromatic N) is 1. The largest absolute Gasteiger partial charge is 0.542 e. The molecule has 0 bridgehead atoms. The van der Waals surface area contributed by atoms with Gasteiger partial charge in [0.1, 0.15) is 23.6 Å². The van der Waals surface area contributed by atoms with Crippen molar-refractivity contribution in [1.82, 2.24) is 10.3 Å². The number of phenolic OH excluding ortho intramolecular Hbond substituents is 1. The first-order valence-corrected chi connectivity index (χ1v) is 20.4. The summed E-state index contributed by atoms with van der Waals surface area (Å²) in [6.45, 7) is 2.38. The number of aromatic hydroxyl groups is 1. The van der Waals surface area contributed by atoms with E-state index in [1.54, 1.807) is 24.3 Å². The van der Waals surface area contributed by atoms with E-state index in [4.69, 9.17) is 31.0 Å². The van der Waals surface area contributed by atoms with Crippen LogP contribution in [-0.4, -0.2) is 90.8 Å². The Morgan fingerprint density at radius 1 is 0.968 bits per heavy atom. The van der Waals surface area contributed by atoms with Crippen molar-refractivity contribution in [3.8, 4) is 22.6 Å². The molecule has 0 spiro atoms. The molecule has 1 saturated heterocycles. The second-order valence-corrected chi connectivity index (χ2v) is 16.0. The van der Waals surface area contributed by atoms with Gasteiger partial charge in [-0.3, -0.25) is 14.9 Å². The Morgan fingerprint density at radius 2 is 1.67 bits per heavy atom. The Balaban J connectivity index is 0.000000985. The van der Waals surface area contributed by atoms with Crippen LogP contribution in [0.25, 0.3) is 22.0 Å². The van der Waals surface area contributed by atoms with Gasteiger partial charge in [0.15, 0.2) is 0 Å². The smallest absolute Gasteiger partial charge is 0.430 e. The highest BCUT2D eigenvalue weighted by Crippen LogP contribution is 2.33. The summed E-state index contributed by atoms with van der Waals surface area (Å²) >= 11 is 6.62. The predicted molar refractivity (Wildman–Crippen MR) is 230 cm³/mol. The van der Waals surface area contributed by atoms with Crippen molar-refractivity contribution in [3.05, 3.63) is 117 Å². The fourth-order valence-corrected chi connectivity index (χ4v) is 7.29. The average Bonchev–Trinajstić information content (AvgIpc) is 3.23. The Bertz CT molecular complexity index is 2460. The number of aliphatic carboxylic acids is 1. The topological polar surface area (TPSA) is 202 Å². The number of piperidine rings is 1. The van der Waals surface area contributed by atoms with Crippen LogP contribution in [0.1, 0.15) is 48.5 Å². The molecule has 1 aliphatic rings. The molecule has 1 aliphatic heterocycles. The number of ether oxygens (including phenoxy) is 2. The van der Waals surface area contributed by atoms with E-state index < -0.39 is 24.3 Å². The maximum atomic E-state index is 13.1. The molecule has 1 atom stereocenters. The molecule has 336 valence electrons. The van der Waals surface area contributed by atoms with E-state index in [2.05, 4.69) is 35.0 Å². The summed E-state index contributed by atoms with van der Waals surface area (Å²) in [5.74, 6) is -2.79. The average molecular weight is 896 g/mol. The summed E-state index contributed by atoms with van der Waals surface area (Å²) in [5.41, 5.74) is 5.07. The van der Waals surface area contributed by atoms with Crippen LogP contribution in [0.15, 0.2) is 89.7 Å². The lowest BCUT2D eigenvalue weighted by atomic mass is 9.99. The standard InChI is InChI=1S/C43H48ClN5O7.C2HF3O2/c1-49(2)20-18-30(19-21-49)56-43(54)47-35-22-27(12-13-31(35)28-9-5-4-6-10-28)8-7-11-40(52)46-36-24-39(55-3)29(23-34(36)44)25-45-26-38(51)32-14-16-37(50)42-33(32)15-17-41(53)48-42;3-2(4,5)1(6)7/h4-6,9-10,12-17,22-24,30,38,45,51H,7-8,11,18-21,25-26H2,1-3H3,(H3-,46,47,48,50,52,53,54);(H,6,7)/t38-;/m0./s1. The van der Waals surface area contributed by atoms with Crippen molar-refractivity contribution >= 4 is 51.8 Å². The van der Waals surface area contributed by atoms with Crippen LogP contribution in [0.3, 0.4) is 0 Å². The number of H-pyrrole nitrogens is 1. The number of carboxylic acids is 1. The van der Waals surface area contributed by atoms with Crippen LogP contribution in [-0.2, 0) is 27.3 Å². The Kier molecular flexibility index (Phi) is 16.2. The first-order chi connectivity index (χ1) is 29.8. The Hall–Kier alpha value is -6.14. The molecule has 6 N–H and O–H groups in total. The third kappa shape index (κ3) is 13.7. The van der Waals surface area contributed by atoms with E-state index in [0.717, 1.165) is 52.7 Å². The van der Waals surface area contributed by atoms with E-state index >= 15 is 0 Å². The number of benzene rings is 4. The number of aliphatic hydroxyl groups excluding tert-OH is 1. The minimum Gasteiger partial charge on any atom is -0.542 e. The predicted octanol–water partition coefficient (Wildman–Crippen LogP) is 6.43. The summed E-state index contributed by atoms with van der Waals surface area (Å²) in [7, 11) is 5.90. The van der Waals surface area contributed by atoms with E-state index in [9.17, 15) is 37.8 Å². The molecule has 1 aromatic heterocycles. The van der Waals surface area contributed by atoms with Crippen molar-refractivity contribution in [2.45, 2.75) is 57.0 Å². The van der Waals surface area contributed by atoms with Gasteiger partial charge >= 0.3 is 12.3 Å². The zero-order chi connectivity index (χ0) is 45.9. The van der Waals surface area contributed by atoms with Crippen LogP contribution in [0.2, 0.25) is 5.02 Å². The minimum atomic E-state index is -5.19. The monoisotopic (exact) mass is 895 g/mol. The molecule has 6 rings (SSSR count). The highest BCUT2D eigenvalue weighted by Gasteiger charge is 2.29. The Labute approximate surface area is 366 Å². The number of likely N-dealkylation sites (tertiary alicyclic amines) is 1. The molecule has 63 heavy (non-hydrogen) atoms. The highest BCUT2D eigenvalue weighted by atomic mass is 35.5. The number of phenols is 1. The third-order valence-corrected chi connectivity index (χ3v) is 10.8. The summed E-state index contributed by atoms with van der Waals surface area (Å²) < 4.78 is 43.9. The number of amides is 2. The van der Waals surface area contributed by atoms with Crippen molar-refractivity contribution in [2.75, 3.05) is 51.5 Å². The number of nitrogens with one attached hydrogen (secondary N) is 4. The van der Waals surface area contributed by atoms with Crippen LogP contribution >= 0.6 is 11.6 Å². The van der Waals surface area contributed by atoms with Gasteiger partial charge in [-0.25, -0.2) is 4.79 Å². The number of aryl methyl sites for hydroxylation is 1. The van der Waals surface area contributed by atoms with E-state index in [0.29, 0.717) is 52.5 Å². The molecular weight excluding hydrogens is 847 g/mol. The number of hydrogen-bond donors (Lipinski definition) is 6. The molecule has 0 aliphatic carbocycles. The van der Waals surface area contributed by atoms with Gasteiger partial charge in [0.05, 0.1) is 62.3 Å². The van der Waals surface area contributed by atoms with Crippen LogP contribution < -0.4 is 31.4 Å². The summed E-state index contributed by atoms with van der Waals surface area (Å²) in [5, 5.41) is 39.9. The number of aromatic nitrogens is 1. The molecule has 0 radical (unpaired) electrons. The van der Waals surface area contributed by atoms with Gasteiger partial charge in [-0.05, 0) is 53.8 Å². The fourth-order valence-electron chi connectivity index (χ4n) is 7.06. The second kappa shape index (κ2) is 21.3. The number of alkyl halides is 3. The number of aliphatic hydroxyl groups is 1. The third-order valence-electron chi connectivity index (χ3n) is 10.5. The van der Waals surface area contributed by atoms with Gasteiger partial charge in [0, 0.05) is 61.0 Å². The second-order valence-electron chi connectivity index (χ2n) is 15.6. The lowest BCUT2D eigenvalue weighted by Gasteiger charge is -2.36. The molecule has 1 fully saturated rings. The summed E-state index contributed by atoms with van der Waals surface area (Å²) in [6.07, 6.45) is -3.67. The number of hydrogen-bond acceptors (Lipinski definition) is 10. The van der Waals surface area contributed by atoms with Crippen molar-refractivity contribution in [1.29, 1.82) is 0 Å². The van der Waals surface area contributed by atoms with Crippen LogP contribution in [0.4, 0.5) is 29.3 Å². The number of pyridine rings is 1. The molecule has 2 amide bonds. The van der Waals surface area contributed by atoms with Crippen LogP contribution in [0.5, 0.6) is 11.5 Å². The van der Waals surface area contributed by atoms with Gasteiger partial charge in [0.25, 0.3) is 0 Å². The van der Waals surface area contributed by atoms with E-state index in [1.165, 1.54) is 19.2 Å². The fraction of sp³-hybridized carbons (Fsp3) is 0.333. The van der Waals surface area contributed by atoms with E-state index in [-0.39, 0.29) is 41.8 Å². The zero-order valence-corrected chi connectivity index (χ0v) is 35.6. The van der Waals surface area contributed by atoms with Crippen LogP contribution in [0, 0.1) is 0 Å². The first kappa shape index (κ1) is 47.9. The lowest BCUT2D eigenvalue weighted by molar-refractivity contribution is -0.896. The zero-order valence-electron chi connectivity index (χ0n) is 34.8. The van der Waals surface area contributed by atoms with Gasteiger partial charge < -0.3 is 49.7 Å². The van der Waals surface area contributed by atoms with Crippen molar-refractivity contribution in [2.24, 2.45) is 0 Å². The number of carbonyl (C=O) groups is 3. The number of carbonyl (C=O) groups excluding carboxylic acids is 3. The van der Waals surface area contributed by atoms with Crippen molar-refractivity contribution < 1.29 is 56.8 Å². The number of carboxylic acid groups (broad SMARTS) is 1. The van der Waals surface area contributed by atoms with Gasteiger partial charge in [-0.15, -0.1) is 0 Å². The SMILES string of the molecule is COc1cc(NC(=O)CCCc2ccc(-c3ccccc3)c(NC(=O)OC3CC[N+](C)(C)CC3)c2)c(Cl)cc1CNC[C@H](O)c1ccc(O)c2[nH]c(=O)ccc12.O=C([O-])C(F)(F)F. The lowest BCUT2D eigenvalue weighted by Crippen LogP contribution is -2.48. The number of methoxy groups -OCH3 is 1. The maximum Gasteiger partial charge on any atom is 0.430 e. The van der Waals surface area contributed by atoms with Gasteiger partial charge in [-0.2, -0.15) is 13.2 Å². The number of rotatable bonds is 14. The number of anilines is 2. The molecule has 18 heteroatoms.